The van der Waals surface area contributed by atoms with Crippen molar-refractivity contribution in [2.24, 2.45) is 0 Å². The quantitative estimate of drug-likeness (QED) is 0.653. The molecule has 2 fully saturated rings. The molecular formula is C10H16N2O3S. The number of nitrogens with zero attached hydrogens (tertiary/aromatic N) is 1. The highest BCUT2D eigenvalue weighted by atomic mass is 32.1. The van der Waals surface area contributed by atoms with E-state index in [-0.39, 0.29) is 24.2 Å². The summed E-state index contributed by atoms with van der Waals surface area (Å²) >= 11 is 3.95. The second-order valence-electron chi connectivity index (χ2n) is 4.12. The summed E-state index contributed by atoms with van der Waals surface area (Å²) < 4.78 is 5.25. The highest BCUT2D eigenvalue weighted by Crippen LogP contribution is 2.19. The normalized spacial score (nSPS) is 25.3. The molecule has 2 aliphatic rings. The summed E-state index contributed by atoms with van der Waals surface area (Å²) in [6, 6.07) is -0.170. The average molecular weight is 244 g/mol. The van der Waals surface area contributed by atoms with Crippen LogP contribution in [0, 0.1) is 0 Å². The van der Waals surface area contributed by atoms with Crippen LogP contribution in [0.2, 0.25) is 0 Å². The van der Waals surface area contributed by atoms with Crippen molar-refractivity contribution in [1.82, 2.24) is 10.2 Å². The van der Waals surface area contributed by atoms with Crippen molar-refractivity contribution < 1.29 is 14.3 Å². The van der Waals surface area contributed by atoms with Crippen LogP contribution in [0.1, 0.15) is 12.8 Å². The Morgan fingerprint density at radius 3 is 2.81 bits per heavy atom. The van der Waals surface area contributed by atoms with E-state index in [9.17, 15) is 9.59 Å². The Balaban J connectivity index is 1.96. The Morgan fingerprint density at radius 1 is 1.44 bits per heavy atom. The third kappa shape index (κ3) is 2.68. The van der Waals surface area contributed by atoms with Gasteiger partial charge in [0.05, 0.1) is 19.0 Å². The minimum absolute atomic E-state index is 0.0997. The smallest absolute Gasteiger partial charge is 0.245 e. The van der Waals surface area contributed by atoms with Crippen molar-refractivity contribution in [2.75, 3.05) is 25.5 Å². The maximum atomic E-state index is 11.9. The maximum absolute atomic E-state index is 11.9. The van der Waals surface area contributed by atoms with Crippen LogP contribution in [0.25, 0.3) is 0 Å². The second kappa shape index (κ2) is 5.05. The van der Waals surface area contributed by atoms with Crippen LogP contribution < -0.4 is 5.32 Å². The van der Waals surface area contributed by atoms with Gasteiger partial charge in [0.25, 0.3) is 0 Å². The van der Waals surface area contributed by atoms with Crippen molar-refractivity contribution in [3.8, 4) is 0 Å². The number of nitrogens with one attached hydrogen (secondary N) is 1. The minimum atomic E-state index is -0.478. The number of carbonyl (C=O) groups is 2. The summed E-state index contributed by atoms with van der Waals surface area (Å²) in [5.74, 6) is -0.0763. The zero-order chi connectivity index (χ0) is 11.5. The van der Waals surface area contributed by atoms with Gasteiger partial charge in [-0.15, -0.1) is 0 Å². The Hall–Kier alpha value is -0.750. The summed E-state index contributed by atoms with van der Waals surface area (Å²) in [5, 5.41) is 2.89. The van der Waals surface area contributed by atoms with E-state index in [0.717, 1.165) is 12.8 Å². The predicted molar refractivity (Wildman–Crippen MR) is 61.3 cm³/mol. The number of rotatable bonds is 3. The lowest BCUT2D eigenvalue weighted by Gasteiger charge is -2.34. The number of hydrogen-bond acceptors (Lipinski definition) is 4. The number of morpholine rings is 1. The Morgan fingerprint density at radius 2 is 2.19 bits per heavy atom. The van der Waals surface area contributed by atoms with Crippen LogP contribution >= 0.6 is 12.6 Å². The van der Waals surface area contributed by atoms with Crippen molar-refractivity contribution in [3.63, 3.8) is 0 Å². The van der Waals surface area contributed by atoms with Gasteiger partial charge in [-0.2, -0.15) is 12.6 Å². The lowest BCUT2D eigenvalue weighted by molar-refractivity contribution is -0.146. The molecule has 1 aliphatic carbocycles. The van der Waals surface area contributed by atoms with Gasteiger partial charge in [-0.25, -0.2) is 0 Å². The van der Waals surface area contributed by atoms with E-state index < -0.39 is 6.04 Å². The molecule has 5 nitrogen and oxygen atoms in total. The molecule has 1 heterocycles. The minimum Gasteiger partial charge on any atom is -0.377 e. The van der Waals surface area contributed by atoms with Gasteiger partial charge in [-0.05, 0) is 12.8 Å². The molecule has 1 unspecified atom stereocenters. The molecule has 0 aromatic heterocycles. The third-order valence-corrected chi connectivity index (χ3v) is 3.08. The third-order valence-electron chi connectivity index (χ3n) is 2.81. The molecule has 16 heavy (non-hydrogen) atoms. The molecule has 2 rings (SSSR count). The first-order chi connectivity index (χ1) is 7.72. The van der Waals surface area contributed by atoms with Crippen molar-refractivity contribution >= 4 is 24.4 Å². The van der Waals surface area contributed by atoms with E-state index >= 15 is 0 Å². The SMILES string of the molecule is O=C(NC1CC1)C1COCCN1C(=O)CS. The summed E-state index contributed by atoms with van der Waals surface area (Å²) in [6.45, 7) is 1.26. The molecule has 0 radical (unpaired) electrons. The molecule has 1 atom stereocenters. The summed E-state index contributed by atoms with van der Waals surface area (Å²) in [7, 11) is 0. The van der Waals surface area contributed by atoms with Crippen LogP contribution in [-0.4, -0.2) is 54.3 Å². The van der Waals surface area contributed by atoms with Crippen molar-refractivity contribution in [3.05, 3.63) is 0 Å². The molecule has 1 N–H and O–H groups in total. The van der Waals surface area contributed by atoms with Crippen molar-refractivity contribution in [2.45, 2.75) is 24.9 Å². The largest absolute Gasteiger partial charge is 0.377 e. The fraction of sp³-hybridized carbons (Fsp3) is 0.800. The Labute approximate surface area is 99.9 Å². The summed E-state index contributed by atoms with van der Waals surface area (Å²) in [6.07, 6.45) is 2.08. The van der Waals surface area contributed by atoms with E-state index in [1.54, 1.807) is 4.90 Å². The van der Waals surface area contributed by atoms with Crippen LogP contribution in [0.5, 0.6) is 0 Å². The summed E-state index contributed by atoms with van der Waals surface area (Å²) in [4.78, 5) is 25.0. The zero-order valence-electron chi connectivity index (χ0n) is 9.02. The Bertz CT molecular complexity index is 294. The van der Waals surface area contributed by atoms with Gasteiger partial charge in [0.1, 0.15) is 6.04 Å². The first-order valence-electron chi connectivity index (χ1n) is 5.51. The average Bonchev–Trinajstić information content (AvgIpc) is 3.12. The van der Waals surface area contributed by atoms with E-state index in [1.165, 1.54) is 0 Å². The van der Waals surface area contributed by atoms with Crippen LogP contribution in [0.15, 0.2) is 0 Å². The number of thiol groups is 1. The zero-order valence-corrected chi connectivity index (χ0v) is 9.91. The topological polar surface area (TPSA) is 58.6 Å². The standard InChI is InChI=1S/C10H16N2O3S/c13-9(6-16)12-3-4-15-5-8(12)10(14)11-7-1-2-7/h7-8,16H,1-6H2,(H,11,14). The molecular weight excluding hydrogens is 228 g/mol. The molecule has 0 aromatic carbocycles. The molecule has 1 saturated heterocycles. The van der Waals surface area contributed by atoms with E-state index in [1.807, 2.05) is 0 Å². The van der Waals surface area contributed by atoms with Gasteiger partial charge in [-0.1, -0.05) is 0 Å². The Kier molecular flexibility index (Phi) is 3.70. The van der Waals surface area contributed by atoms with E-state index in [2.05, 4.69) is 17.9 Å². The lowest BCUT2D eigenvalue weighted by atomic mass is 10.2. The lowest BCUT2D eigenvalue weighted by Crippen LogP contribution is -2.56. The molecule has 0 bridgehead atoms. The van der Waals surface area contributed by atoms with Gasteiger partial charge in [0, 0.05) is 12.6 Å². The van der Waals surface area contributed by atoms with Crippen molar-refractivity contribution in [1.29, 1.82) is 0 Å². The molecule has 0 spiro atoms. The van der Waals surface area contributed by atoms with Gasteiger partial charge in [-0.3, -0.25) is 9.59 Å². The summed E-state index contributed by atoms with van der Waals surface area (Å²) in [5.41, 5.74) is 0. The second-order valence-corrected chi connectivity index (χ2v) is 4.44. The maximum Gasteiger partial charge on any atom is 0.245 e. The van der Waals surface area contributed by atoms with E-state index in [4.69, 9.17) is 4.74 Å². The number of ether oxygens (including phenoxy) is 1. The van der Waals surface area contributed by atoms with Crippen LogP contribution in [0.4, 0.5) is 0 Å². The number of amides is 2. The van der Waals surface area contributed by atoms with Gasteiger partial charge in [0.15, 0.2) is 0 Å². The number of hydrogen-bond donors (Lipinski definition) is 2. The first-order valence-corrected chi connectivity index (χ1v) is 6.14. The van der Waals surface area contributed by atoms with Gasteiger partial charge >= 0.3 is 0 Å². The van der Waals surface area contributed by atoms with Gasteiger partial charge < -0.3 is 15.0 Å². The highest BCUT2D eigenvalue weighted by molar-refractivity contribution is 7.81. The van der Waals surface area contributed by atoms with Crippen LogP contribution in [-0.2, 0) is 14.3 Å². The highest BCUT2D eigenvalue weighted by Gasteiger charge is 2.34. The number of carbonyl (C=O) groups excluding carboxylic acids is 2. The fourth-order valence-electron chi connectivity index (χ4n) is 1.74. The monoisotopic (exact) mass is 244 g/mol. The fourth-order valence-corrected chi connectivity index (χ4v) is 1.92. The van der Waals surface area contributed by atoms with Gasteiger partial charge in [0.2, 0.25) is 11.8 Å². The molecule has 1 saturated carbocycles. The molecule has 2 amide bonds. The molecule has 6 heteroatoms. The molecule has 1 aliphatic heterocycles. The first kappa shape index (κ1) is 11.7. The van der Waals surface area contributed by atoms with Crippen LogP contribution in [0.3, 0.4) is 0 Å². The molecule has 0 aromatic rings. The predicted octanol–water partition coefficient (Wildman–Crippen LogP) is -0.578. The molecule has 90 valence electrons. The van der Waals surface area contributed by atoms with E-state index in [0.29, 0.717) is 19.2 Å².